The molecule has 1 aliphatic rings. The Bertz CT molecular complexity index is 1700. The standard InChI is InChI=1S/C22H18ClF6N5O6S/c1-32-9-30-12-3-4-13(18(26)15(12)20(32)35)31-19-16(23)14(7-11(24)17(19)25)34(40-21(36)22(27,28)29)41(37,38)33-6-5-10(8-33)39-2/h3-4,7,9-10,31H,5-6,8H2,1-2H3/t10-/m1/s1. The van der Waals surface area contributed by atoms with Crippen molar-refractivity contribution < 1.29 is 49.1 Å². The number of halogens is 7. The molecule has 3 aromatic rings. The van der Waals surface area contributed by atoms with Crippen molar-refractivity contribution in [1.82, 2.24) is 13.9 Å². The summed E-state index contributed by atoms with van der Waals surface area (Å²) in [6.45, 7) is -0.699. The summed E-state index contributed by atoms with van der Waals surface area (Å²) < 4.78 is 117. The Morgan fingerprint density at radius 1 is 1.22 bits per heavy atom. The van der Waals surface area contributed by atoms with Crippen LogP contribution >= 0.6 is 11.6 Å². The average molecular weight is 630 g/mol. The number of ether oxygens (including phenoxy) is 1. The van der Waals surface area contributed by atoms with Gasteiger partial charge in [0, 0.05) is 33.3 Å². The maximum atomic E-state index is 15.3. The third-order valence-electron chi connectivity index (χ3n) is 5.99. The minimum Gasteiger partial charge on any atom is -0.380 e. The lowest BCUT2D eigenvalue weighted by molar-refractivity contribution is -0.199. The number of nitrogens with one attached hydrogen (secondary N) is 1. The van der Waals surface area contributed by atoms with E-state index in [9.17, 15) is 40.0 Å². The number of carbonyl (C=O) groups excluding carboxylic acids is 1. The van der Waals surface area contributed by atoms with Crippen LogP contribution in [0.3, 0.4) is 0 Å². The summed E-state index contributed by atoms with van der Waals surface area (Å²) in [5.41, 5.74) is -4.02. The summed E-state index contributed by atoms with van der Waals surface area (Å²) in [4.78, 5) is 32.1. The zero-order chi connectivity index (χ0) is 30.4. The zero-order valence-electron chi connectivity index (χ0n) is 20.8. The Hall–Kier alpha value is -3.61. The number of benzene rings is 2. The van der Waals surface area contributed by atoms with E-state index in [0.29, 0.717) is 4.31 Å². The van der Waals surface area contributed by atoms with Gasteiger partial charge >= 0.3 is 22.4 Å². The molecule has 0 spiro atoms. The first kappa shape index (κ1) is 30.4. The first-order chi connectivity index (χ1) is 19.1. The number of alkyl halides is 3. The van der Waals surface area contributed by atoms with Crippen LogP contribution in [0.2, 0.25) is 5.02 Å². The summed E-state index contributed by atoms with van der Waals surface area (Å²) >= 11 is 6.13. The molecular formula is C22H18ClF6N5O6S. The molecule has 1 saturated heterocycles. The van der Waals surface area contributed by atoms with Gasteiger partial charge in [0.25, 0.3) is 5.56 Å². The van der Waals surface area contributed by atoms with Crippen molar-refractivity contribution in [3.63, 3.8) is 0 Å². The average Bonchev–Trinajstić information content (AvgIpc) is 3.40. The van der Waals surface area contributed by atoms with E-state index in [4.69, 9.17) is 16.3 Å². The Morgan fingerprint density at radius 3 is 2.51 bits per heavy atom. The lowest BCUT2D eigenvalue weighted by Crippen LogP contribution is -2.46. The molecule has 0 aliphatic carbocycles. The normalized spacial score (nSPS) is 16.3. The van der Waals surface area contributed by atoms with Crippen molar-refractivity contribution in [2.75, 3.05) is 30.0 Å². The highest BCUT2D eigenvalue weighted by Gasteiger charge is 2.47. The van der Waals surface area contributed by atoms with Gasteiger partial charge in [-0.1, -0.05) is 16.1 Å². The molecule has 222 valence electrons. The monoisotopic (exact) mass is 629 g/mol. The highest BCUT2D eigenvalue weighted by atomic mass is 35.5. The number of hydrogen-bond acceptors (Lipinski definition) is 8. The van der Waals surface area contributed by atoms with Crippen LogP contribution < -0.4 is 15.3 Å². The zero-order valence-corrected chi connectivity index (χ0v) is 22.4. The fourth-order valence-electron chi connectivity index (χ4n) is 3.87. The largest absolute Gasteiger partial charge is 0.493 e. The second-order valence-corrected chi connectivity index (χ2v) is 10.7. The molecule has 1 aliphatic heterocycles. The highest BCUT2D eigenvalue weighted by Crippen LogP contribution is 2.41. The molecule has 41 heavy (non-hydrogen) atoms. The fraction of sp³-hybridized carbons (Fsp3) is 0.318. The molecule has 19 heteroatoms. The van der Waals surface area contributed by atoms with Crippen molar-refractivity contribution in [3.8, 4) is 0 Å². The predicted octanol–water partition coefficient (Wildman–Crippen LogP) is 3.54. The SMILES string of the molecule is CO[C@@H]1CCN(S(=O)(=O)N(OC(=O)C(F)(F)F)c2cc(F)c(F)c(Nc3ccc4ncn(C)c(=O)c4c3F)c2Cl)C1. The van der Waals surface area contributed by atoms with Crippen LogP contribution in [0.5, 0.6) is 0 Å². The lowest BCUT2D eigenvalue weighted by atomic mass is 10.2. The maximum Gasteiger partial charge on any atom is 0.493 e. The lowest BCUT2D eigenvalue weighted by Gasteiger charge is -2.28. The Balaban J connectivity index is 1.86. The summed E-state index contributed by atoms with van der Waals surface area (Å²) in [5.74, 6) is -7.99. The van der Waals surface area contributed by atoms with E-state index in [1.165, 1.54) is 14.2 Å². The van der Waals surface area contributed by atoms with Gasteiger partial charge in [-0.15, -0.1) is 0 Å². The number of methoxy groups -OCH3 is 1. The van der Waals surface area contributed by atoms with Crippen LogP contribution in [-0.2, 0) is 31.6 Å². The number of aromatic nitrogens is 2. The molecule has 0 amide bonds. The first-order valence-electron chi connectivity index (χ1n) is 11.3. The molecule has 0 saturated carbocycles. The predicted molar refractivity (Wildman–Crippen MR) is 132 cm³/mol. The third kappa shape index (κ3) is 5.64. The van der Waals surface area contributed by atoms with Gasteiger partial charge in [0.2, 0.25) is 0 Å². The summed E-state index contributed by atoms with van der Waals surface area (Å²) in [7, 11) is -2.70. The van der Waals surface area contributed by atoms with Crippen molar-refractivity contribution in [1.29, 1.82) is 0 Å². The van der Waals surface area contributed by atoms with Gasteiger partial charge < -0.3 is 19.5 Å². The van der Waals surface area contributed by atoms with E-state index in [0.717, 1.165) is 23.0 Å². The number of carbonyl (C=O) groups is 1. The van der Waals surface area contributed by atoms with Gasteiger partial charge in [0.1, 0.15) is 11.1 Å². The minimum atomic E-state index is -5.71. The molecule has 2 heterocycles. The molecule has 0 bridgehead atoms. The number of anilines is 3. The van der Waals surface area contributed by atoms with Crippen molar-refractivity contribution in [2.24, 2.45) is 7.05 Å². The Kier molecular flexibility index (Phi) is 8.14. The van der Waals surface area contributed by atoms with E-state index in [1.54, 1.807) is 0 Å². The molecule has 2 aromatic carbocycles. The Morgan fingerprint density at radius 2 is 1.90 bits per heavy atom. The van der Waals surface area contributed by atoms with Gasteiger partial charge in [0.05, 0.1) is 34.3 Å². The number of fused-ring (bicyclic) bond motifs is 1. The molecule has 0 radical (unpaired) electrons. The molecule has 1 aromatic heterocycles. The van der Waals surface area contributed by atoms with Crippen LogP contribution in [0.15, 0.2) is 29.3 Å². The van der Waals surface area contributed by atoms with Gasteiger partial charge in [-0.05, 0) is 18.6 Å². The molecule has 11 nitrogen and oxygen atoms in total. The van der Waals surface area contributed by atoms with Gasteiger partial charge in [0.15, 0.2) is 17.5 Å². The smallest absolute Gasteiger partial charge is 0.380 e. The number of hydrogen-bond donors (Lipinski definition) is 1. The highest BCUT2D eigenvalue weighted by molar-refractivity contribution is 7.90. The molecule has 1 N–H and O–H groups in total. The number of aryl methyl sites for hydroxylation is 1. The number of nitrogens with zero attached hydrogens (tertiary/aromatic N) is 4. The van der Waals surface area contributed by atoms with Crippen LogP contribution in [0.1, 0.15) is 6.42 Å². The minimum absolute atomic E-state index is 0.0738. The van der Waals surface area contributed by atoms with Crippen molar-refractivity contribution in [3.05, 3.63) is 57.4 Å². The van der Waals surface area contributed by atoms with Crippen LogP contribution in [-0.4, -0.2) is 60.7 Å². The molecular weight excluding hydrogens is 612 g/mol. The Labute approximate surface area is 231 Å². The molecule has 0 unspecified atom stereocenters. The van der Waals surface area contributed by atoms with Crippen LogP contribution in [0.25, 0.3) is 10.9 Å². The third-order valence-corrected chi connectivity index (χ3v) is 8.05. The number of rotatable bonds is 7. The molecule has 1 atom stereocenters. The van der Waals surface area contributed by atoms with Crippen LogP contribution in [0.4, 0.5) is 43.4 Å². The van der Waals surface area contributed by atoms with E-state index < -0.39 is 90.0 Å². The van der Waals surface area contributed by atoms with Gasteiger partial charge in [-0.25, -0.2) is 22.9 Å². The second kappa shape index (κ2) is 11.0. The van der Waals surface area contributed by atoms with E-state index in [1.807, 2.05) is 0 Å². The summed E-state index contributed by atoms with van der Waals surface area (Å²) in [5, 5.41) is 0.410. The van der Waals surface area contributed by atoms with Gasteiger partial charge in [-0.3, -0.25) is 4.79 Å². The summed E-state index contributed by atoms with van der Waals surface area (Å²) in [6.07, 6.45) is -5.18. The first-order valence-corrected chi connectivity index (χ1v) is 13.1. The van der Waals surface area contributed by atoms with E-state index >= 15 is 4.39 Å². The van der Waals surface area contributed by atoms with E-state index in [-0.39, 0.29) is 24.5 Å². The topological polar surface area (TPSA) is 123 Å². The quantitative estimate of drug-likeness (QED) is 0.239. The van der Waals surface area contributed by atoms with Gasteiger partial charge in [-0.2, -0.15) is 25.9 Å². The molecule has 1 fully saturated rings. The summed E-state index contributed by atoms with van der Waals surface area (Å²) in [6, 6.07) is 2.19. The maximum absolute atomic E-state index is 15.3. The van der Waals surface area contributed by atoms with Crippen LogP contribution in [0, 0.1) is 17.5 Å². The fourth-order valence-corrected chi connectivity index (χ4v) is 5.64. The van der Waals surface area contributed by atoms with E-state index in [2.05, 4.69) is 15.1 Å². The second-order valence-electron chi connectivity index (χ2n) is 8.60. The van der Waals surface area contributed by atoms with Crippen molar-refractivity contribution in [2.45, 2.75) is 18.7 Å². The molecule has 4 rings (SSSR count). The van der Waals surface area contributed by atoms with Crippen molar-refractivity contribution >= 4 is 55.7 Å².